The number of nitrogens with zero attached hydrogens (tertiary/aromatic N) is 3. The lowest BCUT2D eigenvalue weighted by Crippen LogP contribution is -2.31. The molecule has 1 rings (SSSR count). The monoisotopic (exact) mass is 240 g/mol. The molecule has 1 aromatic heterocycles. The Morgan fingerprint density at radius 3 is 2.94 bits per heavy atom. The van der Waals surface area contributed by atoms with Crippen LogP contribution in [-0.4, -0.2) is 61.4 Å². The molecular formula is C12H24N4O. The van der Waals surface area contributed by atoms with E-state index >= 15 is 0 Å². The fourth-order valence-corrected chi connectivity index (χ4v) is 1.62. The van der Waals surface area contributed by atoms with Crippen LogP contribution in [0, 0.1) is 0 Å². The molecule has 0 saturated carbocycles. The van der Waals surface area contributed by atoms with Crippen molar-refractivity contribution in [2.45, 2.75) is 13.0 Å². The van der Waals surface area contributed by atoms with Crippen LogP contribution in [0.15, 0.2) is 18.7 Å². The molecule has 0 amide bonds. The molecule has 1 N–H and O–H groups in total. The topological polar surface area (TPSA) is 42.3 Å². The van der Waals surface area contributed by atoms with Gasteiger partial charge in [0.05, 0.1) is 12.9 Å². The van der Waals surface area contributed by atoms with Crippen LogP contribution in [0.1, 0.15) is 6.42 Å². The number of methoxy groups -OCH3 is 1. The third kappa shape index (κ3) is 7.10. The van der Waals surface area contributed by atoms with E-state index < -0.39 is 0 Å². The molecule has 98 valence electrons. The van der Waals surface area contributed by atoms with Crippen LogP contribution in [-0.2, 0) is 11.3 Å². The zero-order valence-corrected chi connectivity index (χ0v) is 10.9. The van der Waals surface area contributed by atoms with E-state index in [-0.39, 0.29) is 0 Å². The molecule has 0 fully saturated rings. The molecule has 0 aliphatic heterocycles. The van der Waals surface area contributed by atoms with Crippen molar-refractivity contribution in [1.82, 2.24) is 19.8 Å². The summed E-state index contributed by atoms with van der Waals surface area (Å²) in [6.45, 7) is 5.97. The van der Waals surface area contributed by atoms with Gasteiger partial charge in [0.2, 0.25) is 0 Å². The molecule has 5 heteroatoms. The van der Waals surface area contributed by atoms with Gasteiger partial charge < -0.3 is 19.5 Å². The van der Waals surface area contributed by atoms with Gasteiger partial charge in [-0.2, -0.15) is 0 Å². The van der Waals surface area contributed by atoms with Gasteiger partial charge in [-0.05, 0) is 20.0 Å². The SMILES string of the molecule is COCCNCCN(C)CCCn1ccnc1. The molecule has 0 radical (unpaired) electrons. The van der Waals surface area contributed by atoms with E-state index in [4.69, 9.17) is 4.74 Å². The van der Waals surface area contributed by atoms with E-state index in [1.807, 2.05) is 18.7 Å². The van der Waals surface area contributed by atoms with E-state index in [1.165, 1.54) is 0 Å². The van der Waals surface area contributed by atoms with Gasteiger partial charge in [-0.25, -0.2) is 4.98 Å². The van der Waals surface area contributed by atoms with Gasteiger partial charge in [-0.3, -0.25) is 0 Å². The summed E-state index contributed by atoms with van der Waals surface area (Å²) >= 11 is 0. The summed E-state index contributed by atoms with van der Waals surface area (Å²) in [4.78, 5) is 6.37. The van der Waals surface area contributed by atoms with Crippen LogP contribution in [0.2, 0.25) is 0 Å². The molecule has 0 atom stereocenters. The molecule has 0 bridgehead atoms. The average molecular weight is 240 g/mol. The first-order valence-corrected chi connectivity index (χ1v) is 6.17. The Kier molecular flexibility index (Phi) is 7.62. The van der Waals surface area contributed by atoms with E-state index in [0.717, 1.165) is 45.8 Å². The quantitative estimate of drug-likeness (QED) is 0.603. The number of hydrogen-bond acceptors (Lipinski definition) is 4. The maximum Gasteiger partial charge on any atom is 0.0945 e. The molecule has 17 heavy (non-hydrogen) atoms. The highest BCUT2D eigenvalue weighted by Gasteiger charge is 1.98. The molecule has 1 heterocycles. The molecule has 0 spiro atoms. The number of aryl methyl sites for hydroxylation is 1. The van der Waals surface area contributed by atoms with E-state index in [1.54, 1.807) is 7.11 Å². The predicted octanol–water partition coefficient (Wildman–Crippen LogP) is 0.441. The Morgan fingerprint density at radius 2 is 2.24 bits per heavy atom. The first-order chi connectivity index (χ1) is 8.33. The number of rotatable bonds is 10. The lowest BCUT2D eigenvalue weighted by Gasteiger charge is -2.16. The highest BCUT2D eigenvalue weighted by Crippen LogP contribution is 1.92. The largest absolute Gasteiger partial charge is 0.383 e. The first-order valence-electron chi connectivity index (χ1n) is 6.17. The normalized spacial score (nSPS) is 11.2. The van der Waals surface area contributed by atoms with Crippen LogP contribution in [0.4, 0.5) is 0 Å². The minimum absolute atomic E-state index is 0.782. The van der Waals surface area contributed by atoms with Crippen molar-refractivity contribution >= 4 is 0 Å². The van der Waals surface area contributed by atoms with Gasteiger partial charge >= 0.3 is 0 Å². The van der Waals surface area contributed by atoms with Crippen molar-refractivity contribution in [3.8, 4) is 0 Å². The standard InChI is InChI=1S/C12H24N4O/c1-15(9-4-13-6-11-17-2)7-3-8-16-10-5-14-12-16/h5,10,12-13H,3-4,6-9,11H2,1-2H3. The Balaban J connectivity index is 1.92. The van der Waals surface area contributed by atoms with Gasteiger partial charge in [-0.1, -0.05) is 0 Å². The van der Waals surface area contributed by atoms with Crippen molar-refractivity contribution in [3.05, 3.63) is 18.7 Å². The second-order valence-corrected chi connectivity index (χ2v) is 4.20. The smallest absolute Gasteiger partial charge is 0.0945 e. The van der Waals surface area contributed by atoms with Gasteiger partial charge in [0, 0.05) is 45.7 Å². The molecule has 0 unspecified atom stereocenters. The highest BCUT2D eigenvalue weighted by atomic mass is 16.5. The van der Waals surface area contributed by atoms with E-state index in [0.29, 0.717) is 0 Å². The van der Waals surface area contributed by atoms with Crippen molar-refractivity contribution in [1.29, 1.82) is 0 Å². The Hall–Kier alpha value is -0.910. The number of imidazole rings is 1. The summed E-state index contributed by atoms with van der Waals surface area (Å²) in [5.41, 5.74) is 0. The third-order valence-electron chi connectivity index (χ3n) is 2.67. The maximum absolute atomic E-state index is 4.97. The average Bonchev–Trinajstić information content (AvgIpc) is 2.82. The van der Waals surface area contributed by atoms with Gasteiger partial charge in [0.15, 0.2) is 0 Å². The lowest BCUT2D eigenvalue weighted by molar-refractivity contribution is 0.197. The Labute approximate surface area is 104 Å². The molecular weight excluding hydrogens is 216 g/mol. The van der Waals surface area contributed by atoms with Crippen LogP contribution < -0.4 is 5.32 Å². The summed E-state index contributed by atoms with van der Waals surface area (Å²) in [6.07, 6.45) is 6.85. The molecule has 0 aliphatic rings. The number of nitrogens with one attached hydrogen (secondary N) is 1. The number of aromatic nitrogens is 2. The lowest BCUT2D eigenvalue weighted by atomic mass is 10.4. The van der Waals surface area contributed by atoms with E-state index in [2.05, 4.69) is 26.8 Å². The molecule has 1 aromatic rings. The summed E-state index contributed by atoms with van der Waals surface area (Å²) in [6, 6.07) is 0. The van der Waals surface area contributed by atoms with Crippen LogP contribution in [0.3, 0.4) is 0 Å². The van der Waals surface area contributed by atoms with Gasteiger partial charge in [0.25, 0.3) is 0 Å². The second-order valence-electron chi connectivity index (χ2n) is 4.20. The minimum Gasteiger partial charge on any atom is -0.383 e. The summed E-state index contributed by atoms with van der Waals surface area (Å²) in [5, 5.41) is 3.34. The second kappa shape index (κ2) is 9.15. The highest BCUT2D eigenvalue weighted by molar-refractivity contribution is 4.73. The zero-order valence-electron chi connectivity index (χ0n) is 10.9. The zero-order chi connectivity index (χ0) is 12.3. The van der Waals surface area contributed by atoms with E-state index in [9.17, 15) is 0 Å². The van der Waals surface area contributed by atoms with Crippen molar-refractivity contribution in [2.24, 2.45) is 0 Å². The van der Waals surface area contributed by atoms with Crippen LogP contribution in [0.25, 0.3) is 0 Å². The predicted molar refractivity (Wildman–Crippen MR) is 69.1 cm³/mol. The van der Waals surface area contributed by atoms with Crippen molar-refractivity contribution in [2.75, 3.05) is 46.9 Å². The van der Waals surface area contributed by atoms with Crippen LogP contribution >= 0.6 is 0 Å². The number of likely N-dealkylation sites (N-methyl/N-ethyl adjacent to an activating group) is 1. The van der Waals surface area contributed by atoms with Crippen LogP contribution in [0.5, 0.6) is 0 Å². The molecule has 0 saturated heterocycles. The maximum atomic E-state index is 4.97. The Bertz CT molecular complexity index is 263. The minimum atomic E-state index is 0.782. The summed E-state index contributed by atoms with van der Waals surface area (Å²) in [7, 11) is 3.88. The fourth-order valence-electron chi connectivity index (χ4n) is 1.62. The first kappa shape index (κ1) is 14.2. The Morgan fingerprint density at radius 1 is 1.35 bits per heavy atom. The van der Waals surface area contributed by atoms with Gasteiger partial charge in [-0.15, -0.1) is 0 Å². The fraction of sp³-hybridized carbons (Fsp3) is 0.750. The summed E-state index contributed by atoms with van der Waals surface area (Å²) < 4.78 is 7.09. The van der Waals surface area contributed by atoms with Crippen molar-refractivity contribution < 1.29 is 4.74 Å². The summed E-state index contributed by atoms with van der Waals surface area (Å²) in [5.74, 6) is 0. The van der Waals surface area contributed by atoms with Crippen molar-refractivity contribution in [3.63, 3.8) is 0 Å². The number of hydrogen-bond donors (Lipinski definition) is 1. The van der Waals surface area contributed by atoms with Gasteiger partial charge in [0.1, 0.15) is 0 Å². The molecule has 5 nitrogen and oxygen atoms in total. The number of ether oxygens (including phenoxy) is 1. The molecule has 0 aliphatic carbocycles. The molecule has 0 aromatic carbocycles. The third-order valence-corrected chi connectivity index (χ3v) is 2.67.